The topological polar surface area (TPSA) is 85.2 Å². The Morgan fingerprint density at radius 3 is 2.15 bits per heavy atom. The van der Waals surface area contributed by atoms with Gasteiger partial charge in [0, 0.05) is 64.3 Å². The van der Waals surface area contributed by atoms with E-state index in [1.165, 1.54) is 5.69 Å². The Balaban J connectivity index is 1.05. The summed E-state index contributed by atoms with van der Waals surface area (Å²) in [6, 6.07) is 30.6. The number of aromatic nitrogens is 3. The number of piperazine rings is 1. The number of para-hydroxylation sites is 1. The number of aryl methyl sites for hydroxylation is 1. The normalized spacial score (nSPS) is 18.3. The minimum atomic E-state index is -0.473. The molecule has 0 unspecified atom stereocenters. The smallest absolute Gasteiger partial charge is 0.410 e. The van der Waals surface area contributed by atoms with E-state index in [-0.39, 0.29) is 6.09 Å². The second-order valence-corrected chi connectivity index (χ2v) is 15.4. The second-order valence-electron chi connectivity index (χ2n) is 15.4. The van der Waals surface area contributed by atoms with E-state index in [0.717, 1.165) is 85.5 Å². The van der Waals surface area contributed by atoms with Gasteiger partial charge in [-0.25, -0.2) is 4.79 Å². The quantitative estimate of drug-likeness (QED) is 0.145. The Bertz CT molecular complexity index is 1990. The molecule has 10 nitrogen and oxygen atoms in total. The van der Waals surface area contributed by atoms with Crippen LogP contribution in [0.3, 0.4) is 0 Å². The van der Waals surface area contributed by atoms with Crippen LogP contribution in [0.5, 0.6) is 11.8 Å². The van der Waals surface area contributed by atoms with Gasteiger partial charge in [0.25, 0.3) is 0 Å². The molecule has 0 aliphatic carbocycles. The molecule has 7 rings (SSSR count). The highest BCUT2D eigenvalue weighted by Crippen LogP contribution is 2.38. The van der Waals surface area contributed by atoms with E-state index in [1.807, 2.05) is 110 Å². The van der Waals surface area contributed by atoms with Crippen LogP contribution in [0.15, 0.2) is 91.0 Å². The van der Waals surface area contributed by atoms with Crippen molar-refractivity contribution >= 4 is 22.7 Å². The Labute approximate surface area is 313 Å². The summed E-state index contributed by atoms with van der Waals surface area (Å²) in [6.45, 7) is 15.3. The van der Waals surface area contributed by atoms with Gasteiger partial charge in [-0.3, -0.25) is 9.58 Å². The lowest BCUT2D eigenvalue weighted by Crippen LogP contribution is -2.51. The molecule has 1 amide bonds. The number of pyridine rings is 1. The molecule has 0 radical (unpaired) electrons. The number of carbonyl (C=O) groups is 1. The van der Waals surface area contributed by atoms with E-state index >= 15 is 0 Å². The van der Waals surface area contributed by atoms with Gasteiger partial charge in [-0.05, 0) is 62.3 Å². The number of fused-ring (bicyclic) bond motifs is 1. The lowest BCUT2D eigenvalue weighted by atomic mass is 9.86. The third-order valence-electron chi connectivity index (χ3n) is 10.3. The van der Waals surface area contributed by atoms with E-state index in [4.69, 9.17) is 24.3 Å². The maximum Gasteiger partial charge on any atom is 0.410 e. The highest BCUT2D eigenvalue weighted by molar-refractivity contribution is 6.01. The summed E-state index contributed by atoms with van der Waals surface area (Å²) >= 11 is 0. The van der Waals surface area contributed by atoms with Gasteiger partial charge in [0.15, 0.2) is 0 Å². The molecule has 0 spiro atoms. The first kappa shape index (κ1) is 36.3. The first-order chi connectivity index (χ1) is 25.6. The molecule has 4 heterocycles. The van der Waals surface area contributed by atoms with Crippen molar-refractivity contribution in [2.45, 2.75) is 52.9 Å². The number of hydrogen-bond donors (Lipinski definition) is 0. The molecule has 2 aliphatic heterocycles. The Morgan fingerprint density at radius 2 is 1.49 bits per heavy atom. The largest absolute Gasteiger partial charge is 0.473 e. The van der Waals surface area contributed by atoms with Crippen molar-refractivity contribution in [2.24, 2.45) is 18.9 Å². The summed E-state index contributed by atoms with van der Waals surface area (Å²) in [5.41, 5.74) is 5.60. The number of piperidine rings is 1. The van der Waals surface area contributed by atoms with Crippen molar-refractivity contribution in [3.05, 3.63) is 102 Å². The summed E-state index contributed by atoms with van der Waals surface area (Å²) in [4.78, 5) is 24.5. The van der Waals surface area contributed by atoms with Crippen LogP contribution in [0.2, 0.25) is 0 Å². The molecule has 2 saturated heterocycles. The third kappa shape index (κ3) is 8.76. The number of hydrogen-bond acceptors (Lipinski definition) is 8. The van der Waals surface area contributed by atoms with Crippen molar-refractivity contribution in [1.29, 1.82) is 0 Å². The molecule has 0 N–H and O–H groups in total. The first-order valence-corrected chi connectivity index (χ1v) is 18.9. The fourth-order valence-corrected chi connectivity index (χ4v) is 7.48. The maximum absolute atomic E-state index is 12.7. The van der Waals surface area contributed by atoms with Crippen LogP contribution in [0, 0.1) is 11.8 Å². The molecule has 2 fully saturated rings. The van der Waals surface area contributed by atoms with Crippen LogP contribution in [-0.2, 0) is 25.0 Å². The van der Waals surface area contributed by atoms with Crippen molar-refractivity contribution in [3.8, 4) is 23.0 Å². The van der Waals surface area contributed by atoms with Gasteiger partial charge in [0.2, 0.25) is 11.8 Å². The van der Waals surface area contributed by atoms with Crippen molar-refractivity contribution in [3.63, 3.8) is 0 Å². The third-order valence-corrected chi connectivity index (χ3v) is 10.3. The highest BCUT2D eigenvalue weighted by Gasteiger charge is 2.33. The summed E-state index contributed by atoms with van der Waals surface area (Å²) in [7, 11) is 2.02. The zero-order valence-electron chi connectivity index (χ0n) is 31.7. The van der Waals surface area contributed by atoms with Gasteiger partial charge in [0.1, 0.15) is 24.5 Å². The molecule has 2 aromatic heterocycles. The number of carbonyl (C=O) groups excluding carboxylic acids is 1. The molecule has 10 heteroatoms. The lowest BCUT2D eigenvalue weighted by Gasteiger charge is -2.42. The average Bonchev–Trinajstić information content (AvgIpc) is 3.50. The maximum atomic E-state index is 12.7. The zero-order chi connectivity index (χ0) is 37.0. The second kappa shape index (κ2) is 15.9. The monoisotopic (exact) mass is 716 g/mol. The number of anilines is 1. The molecule has 2 atom stereocenters. The van der Waals surface area contributed by atoms with Gasteiger partial charge < -0.3 is 24.0 Å². The number of likely N-dealkylation sites (tertiary alicyclic amines) is 1. The number of amides is 1. The fraction of sp³-hybridized carbons (Fsp3) is 0.419. The van der Waals surface area contributed by atoms with E-state index in [9.17, 15) is 4.79 Å². The number of nitrogens with zero attached hydrogens (tertiary/aromatic N) is 6. The molecule has 0 bridgehead atoms. The summed E-state index contributed by atoms with van der Waals surface area (Å²) in [5.74, 6) is 1.98. The molecule has 3 aromatic carbocycles. The Kier molecular flexibility index (Phi) is 10.9. The van der Waals surface area contributed by atoms with Crippen molar-refractivity contribution < 1.29 is 19.0 Å². The standard InChI is InChI=1S/C43H52N6O4/c1-31-27-49(42(50)53-43(2,3)4)22-21-34(31)28-47-23-25-48(26-24-47)37-18-12-17-35-39(45-46(5)40(35)37)36-19-20-38(51-29-32-13-8-6-9-14-32)44-41(36)52-30-33-15-10-7-11-16-33/h6-20,31,34H,21-30H2,1-5H3/t31-,34+/m1/s1. The minimum absolute atomic E-state index is 0.194. The van der Waals surface area contributed by atoms with E-state index in [0.29, 0.717) is 36.8 Å². The predicted octanol–water partition coefficient (Wildman–Crippen LogP) is 7.81. The number of ether oxygens (including phenoxy) is 3. The molecular formula is C43H52N6O4. The fourth-order valence-electron chi connectivity index (χ4n) is 7.48. The minimum Gasteiger partial charge on any atom is -0.473 e. The Hall–Kier alpha value is -5.09. The van der Waals surface area contributed by atoms with Crippen molar-refractivity contribution in [1.82, 2.24) is 24.6 Å². The highest BCUT2D eigenvalue weighted by atomic mass is 16.6. The number of rotatable bonds is 10. The first-order valence-electron chi connectivity index (χ1n) is 18.9. The predicted molar refractivity (Wildman–Crippen MR) is 209 cm³/mol. The van der Waals surface area contributed by atoms with E-state index in [1.54, 1.807) is 0 Å². The van der Waals surface area contributed by atoms with Crippen LogP contribution in [0.1, 0.15) is 45.2 Å². The Morgan fingerprint density at radius 1 is 0.811 bits per heavy atom. The van der Waals surface area contributed by atoms with Gasteiger partial charge in [-0.2, -0.15) is 10.1 Å². The van der Waals surface area contributed by atoms with Crippen molar-refractivity contribution in [2.75, 3.05) is 50.7 Å². The van der Waals surface area contributed by atoms with Gasteiger partial charge in [0.05, 0.1) is 16.8 Å². The summed E-state index contributed by atoms with van der Waals surface area (Å²) in [5, 5.41) is 6.13. The van der Waals surface area contributed by atoms with Crippen LogP contribution in [0.25, 0.3) is 22.2 Å². The number of benzene rings is 3. The lowest BCUT2D eigenvalue weighted by molar-refractivity contribution is 0.00880. The van der Waals surface area contributed by atoms with E-state index < -0.39 is 5.60 Å². The summed E-state index contributed by atoms with van der Waals surface area (Å²) in [6.07, 6.45) is 0.810. The molecule has 278 valence electrons. The zero-order valence-corrected chi connectivity index (χ0v) is 31.7. The molecule has 5 aromatic rings. The van der Waals surface area contributed by atoms with E-state index in [2.05, 4.69) is 34.9 Å². The van der Waals surface area contributed by atoms with Gasteiger partial charge in [-0.1, -0.05) is 79.7 Å². The SMILES string of the molecule is C[C@@H]1CN(C(=O)OC(C)(C)C)CC[C@H]1CN1CCN(c2cccc3c(-c4ccc(OCc5ccccc5)nc4OCc4ccccc4)nn(C)c23)CC1. The molecular weight excluding hydrogens is 665 g/mol. The molecule has 53 heavy (non-hydrogen) atoms. The molecule has 2 aliphatic rings. The van der Waals surface area contributed by atoms with Gasteiger partial charge >= 0.3 is 6.09 Å². The van der Waals surface area contributed by atoms with Crippen LogP contribution in [-0.4, -0.2) is 82.1 Å². The van der Waals surface area contributed by atoms with Crippen LogP contribution in [0.4, 0.5) is 10.5 Å². The van der Waals surface area contributed by atoms with Gasteiger partial charge in [-0.15, -0.1) is 0 Å². The summed E-state index contributed by atoms with van der Waals surface area (Å²) < 4.78 is 20.2. The van der Waals surface area contributed by atoms with Crippen LogP contribution < -0.4 is 14.4 Å². The molecule has 0 saturated carbocycles. The average molecular weight is 717 g/mol. The van der Waals surface area contributed by atoms with Crippen LogP contribution >= 0.6 is 0 Å².